The topological polar surface area (TPSA) is 38.4 Å². The Labute approximate surface area is 109 Å². The van der Waals surface area contributed by atoms with Crippen LogP contribution in [0.5, 0.6) is 0 Å². The fourth-order valence-corrected chi connectivity index (χ4v) is 3.56. The van der Waals surface area contributed by atoms with Crippen molar-refractivity contribution in [3.05, 3.63) is 24.3 Å². The van der Waals surface area contributed by atoms with Crippen LogP contribution in [0.2, 0.25) is 0 Å². The van der Waals surface area contributed by atoms with Crippen molar-refractivity contribution in [2.24, 2.45) is 10.7 Å². The number of hydrogen-bond donors (Lipinski definition) is 1. The fourth-order valence-electron chi connectivity index (χ4n) is 1.32. The van der Waals surface area contributed by atoms with E-state index in [1.54, 1.807) is 11.8 Å². The molecule has 0 radical (unpaired) electrons. The molecule has 0 saturated heterocycles. The van der Waals surface area contributed by atoms with Gasteiger partial charge in [0.1, 0.15) is 0 Å². The first-order valence-electron chi connectivity index (χ1n) is 4.96. The average molecular weight is 268 g/mol. The van der Waals surface area contributed by atoms with E-state index in [0.717, 1.165) is 23.6 Å². The van der Waals surface area contributed by atoms with Gasteiger partial charge < -0.3 is 5.73 Å². The van der Waals surface area contributed by atoms with E-state index in [2.05, 4.69) is 17.1 Å². The Balaban J connectivity index is 1.98. The highest BCUT2D eigenvalue weighted by atomic mass is 32.2. The predicted octanol–water partition coefficient (Wildman–Crippen LogP) is 3.23. The number of thioether (sulfide) groups is 2. The predicted molar refractivity (Wildman–Crippen MR) is 78.1 cm³/mol. The first-order valence-corrected chi connectivity index (χ1v) is 7.34. The third-order valence-electron chi connectivity index (χ3n) is 2.08. The highest BCUT2D eigenvalue weighted by molar-refractivity contribution is 8.16. The molecule has 1 aliphatic heterocycles. The minimum absolute atomic E-state index is 0.581. The van der Waals surface area contributed by atoms with Crippen LogP contribution in [0.1, 0.15) is 6.42 Å². The third-order valence-corrected chi connectivity index (χ3v) is 4.52. The number of fused-ring (bicyclic) bond motifs is 1. The lowest BCUT2D eigenvalue weighted by molar-refractivity contribution is 1.32. The van der Waals surface area contributed by atoms with Crippen LogP contribution in [-0.4, -0.2) is 21.5 Å². The van der Waals surface area contributed by atoms with Crippen LogP contribution in [-0.2, 0) is 0 Å². The van der Waals surface area contributed by atoms with E-state index in [0.29, 0.717) is 4.99 Å². The zero-order valence-corrected chi connectivity index (χ0v) is 11.1. The maximum Gasteiger partial charge on any atom is 0.0842 e. The number of aliphatic imine (C=N–C) groups is 1. The Kier molecular flexibility index (Phi) is 4.26. The van der Waals surface area contributed by atoms with Crippen molar-refractivity contribution >= 4 is 51.5 Å². The molecule has 2 nitrogen and oxygen atoms in total. The summed E-state index contributed by atoms with van der Waals surface area (Å²) in [6.07, 6.45) is 0.783. The zero-order chi connectivity index (χ0) is 11.4. The number of para-hydroxylation sites is 1. The minimum atomic E-state index is 0.581. The molecule has 0 aromatic heterocycles. The monoisotopic (exact) mass is 268 g/mol. The van der Waals surface area contributed by atoms with Gasteiger partial charge in [-0.2, -0.15) is 0 Å². The number of rotatable bonds is 3. The second kappa shape index (κ2) is 5.70. The second-order valence-electron chi connectivity index (χ2n) is 3.33. The normalized spacial score (nSPS) is 14.1. The zero-order valence-electron chi connectivity index (χ0n) is 8.68. The van der Waals surface area contributed by atoms with Gasteiger partial charge in [-0.3, -0.25) is 0 Å². The maximum absolute atomic E-state index is 5.46. The molecule has 0 unspecified atom stereocenters. The maximum atomic E-state index is 5.46. The van der Waals surface area contributed by atoms with Crippen molar-refractivity contribution in [2.45, 2.75) is 11.3 Å². The second-order valence-corrected chi connectivity index (χ2v) is 6.04. The molecule has 1 heterocycles. The Morgan fingerprint density at radius 2 is 2.31 bits per heavy atom. The number of hydrogen-bond acceptors (Lipinski definition) is 4. The molecule has 1 aromatic carbocycles. The highest BCUT2D eigenvalue weighted by Crippen LogP contribution is 2.35. The van der Waals surface area contributed by atoms with E-state index in [9.17, 15) is 0 Å². The standard InChI is InChI=1S/C11H12N2S3/c12-10(14)5-6-15-11-7-16-9-4-2-1-3-8(9)13-11/h1-4H,5-7H2,(H2,12,14). The molecule has 0 fully saturated rings. The van der Waals surface area contributed by atoms with Crippen molar-refractivity contribution in [1.82, 2.24) is 0 Å². The molecule has 0 saturated carbocycles. The summed E-state index contributed by atoms with van der Waals surface area (Å²) in [5.41, 5.74) is 6.54. The van der Waals surface area contributed by atoms with E-state index in [4.69, 9.17) is 18.0 Å². The molecule has 1 aromatic rings. The van der Waals surface area contributed by atoms with Crippen LogP contribution in [0.4, 0.5) is 5.69 Å². The van der Waals surface area contributed by atoms with E-state index < -0.39 is 0 Å². The third kappa shape index (κ3) is 3.23. The quantitative estimate of drug-likeness (QED) is 0.854. The molecular formula is C11H12N2S3. The molecule has 2 rings (SSSR count). The molecule has 0 amide bonds. The van der Waals surface area contributed by atoms with Crippen molar-refractivity contribution in [3.8, 4) is 0 Å². The molecule has 0 aliphatic carbocycles. The van der Waals surface area contributed by atoms with E-state index in [-0.39, 0.29) is 0 Å². The molecule has 16 heavy (non-hydrogen) atoms. The summed E-state index contributed by atoms with van der Waals surface area (Å²) in [7, 11) is 0. The van der Waals surface area contributed by atoms with Gasteiger partial charge in [-0.1, -0.05) is 24.4 Å². The van der Waals surface area contributed by atoms with Gasteiger partial charge >= 0.3 is 0 Å². The van der Waals surface area contributed by atoms with Gasteiger partial charge in [0.05, 0.1) is 15.7 Å². The lowest BCUT2D eigenvalue weighted by Crippen LogP contribution is -2.10. The summed E-state index contributed by atoms with van der Waals surface area (Å²) < 4.78 is 0. The summed E-state index contributed by atoms with van der Waals surface area (Å²) in [5.74, 6) is 1.88. The number of nitrogens with zero attached hydrogens (tertiary/aromatic N) is 1. The molecule has 84 valence electrons. The lowest BCUT2D eigenvalue weighted by Gasteiger charge is -2.13. The Hall–Kier alpha value is -0.520. The van der Waals surface area contributed by atoms with E-state index >= 15 is 0 Å². The summed E-state index contributed by atoms with van der Waals surface area (Å²) in [4.78, 5) is 6.46. The average Bonchev–Trinajstić information content (AvgIpc) is 2.28. The van der Waals surface area contributed by atoms with Crippen molar-refractivity contribution in [3.63, 3.8) is 0 Å². The van der Waals surface area contributed by atoms with Gasteiger partial charge in [0, 0.05) is 22.8 Å². The number of thiocarbonyl (C=S) groups is 1. The highest BCUT2D eigenvalue weighted by Gasteiger charge is 2.11. The van der Waals surface area contributed by atoms with Gasteiger partial charge in [0.2, 0.25) is 0 Å². The van der Waals surface area contributed by atoms with Crippen LogP contribution >= 0.6 is 35.7 Å². The largest absolute Gasteiger partial charge is 0.393 e. The number of nitrogens with two attached hydrogens (primary N) is 1. The molecule has 2 N–H and O–H groups in total. The molecule has 0 spiro atoms. The Morgan fingerprint density at radius 3 is 3.12 bits per heavy atom. The summed E-state index contributed by atoms with van der Waals surface area (Å²) in [6.45, 7) is 0. The van der Waals surface area contributed by atoms with Gasteiger partial charge in [0.15, 0.2) is 0 Å². The molecular weight excluding hydrogens is 256 g/mol. The van der Waals surface area contributed by atoms with Crippen molar-refractivity contribution in [2.75, 3.05) is 11.5 Å². The number of benzene rings is 1. The van der Waals surface area contributed by atoms with Crippen LogP contribution in [0.25, 0.3) is 0 Å². The molecule has 1 aliphatic rings. The van der Waals surface area contributed by atoms with Crippen LogP contribution < -0.4 is 5.73 Å². The molecule has 5 heteroatoms. The summed E-state index contributed by atoms with van der Waals surface area (Å²) in [5, 5.41) is 1.17. The van der Waals surface area contributed by atoms with Crippen molar-refractivity contribution < 1.29 is 0 Å². The van der Waals surface area contributed by atoms with Gasteiger partial charge in [-0.25, -0.2) is 4.99 Å². The molecule has 0 atom stereocenters. The summed E-state index contributed by atoms with van der Waals surface area (Å²) >= 11 is 8.44. The SMILES string of the molecule is NC(=S)CCSC1=Nc2ccccc2SC1. The lowest BCUT2D eigenvalue weighted by atomic mass is 10.3. The smallest absolute Gasteiger partial charge is 0.0842 e. The first-order chi connectivity index (χ1) is 7.75. The van der Waals surface area contributed by atoms with Crippen molar-refractivity contribution in [1.29, 1.82) is 0 Å². The Bertz CT molecular complexity index is 429. The molecule has 0 bridgehead atoms. The van der Waals surface area contributed by atoms with E-state index in [1.807, 2.05) is 23.9 Å². The summed E-state index contributed by atoms with van der Waals surface area (Å²) in [6, 6.07) is 8.23. The Morgan fingerprint density at radius 1 is 1.50 bits per heavy atom. The van der Waals surface area contributed by atoms with Crippen LogP contribution in [0.3, 0.4) is 0 Å². The van der Waals surface area contributed by atoms with E-state index in [1.165, 1.54) is 9.94 Å². The van der Waals surface area contributed by atoms with Gasteiger partial charge in [0.25, 0.3) is 0 Å². The first kappa shape index (κ1) is 12.0. The van der Waals surface area contributed by atoms with Crippen LogP contribution in [0.15, 0.2) is 34.2 Å². The fraction of sp³-hybridized carbons (Fsp3) is 0.273. The van der Waals surface area contributed by atoms with Gasteiger partial charge in [-0.15, -0.1) is 23.5 Å². The van der Waals surface area contributed by atoms with Gasteiger partial charge in [-0.05, 0) is 12.1 Å². The van der Waals surface area contributed by atoms with Crippen LogP contribution in [0, 0.1) is 0 Å². The minimum Gasteiger partial charge on any atom is -0.393 e.